The van der Waals surface area contributed by atoms with E-state index in [0.29, 0.717) is 0 Å². The van der Waals surface area contributed by atoms with Crippen molar-refractivity contribution in [3.63, 3.8) is 0 Å². The molecular weight excluding hydrogens is 377 g/mol. The minimum atomic E-state index is 0.732. The van der Waals surface area contributed by atoms with Crippen LogP contribution in [0.1, 0.15) is 11.1 Å². The van der Waals surface area contributed by atoms with Crippen molar-refractivity contribution < 1.29 is 0 Å². The Kier molecular flexibility index (Phi) is 4.71. The van der Waals surface area contributed by atoms with Gasteiger partial charge in [-0.05, 0) is 74.2 Å². The summed E-state index contributed by atoms with van der Waals surface area (Å²) in [5.74, 6) is 0. The van der Waals surface area contributed by atoms with Crippen LogP contribution in [0.15, 0.2) is 45.3 Å². The molecule has 0 spiro atoms. The lowest BCUT2D eigenvalue weighted by Crippen LogP contribution is -2.00. The van der Waals surface area contributed by atoms with E-state index in [1.54, 1.807) is 0 Å². The minimum Gasteiger partial charge on any atom is -0.380 e. The highest BCUT2D eigenvalue weighted by molar-refractivity contribution is 9.11. The molecule has 2 aromatic carbocycles. The van der Waals surface area contributed by atoms with Crippen LogP contribution in [-0.2, 0) is 6.54 Å². The molecule has 0 atom stereocenters. The summed E-state index contributed by atoms with van der Waals surface area (Å²) in [5, 5.41) is 4.14. The van der Waals surface area contributed by atoms with Crippen molar-refractivity contribution in [3.05, 3.63) is 61.5 Å². The molecule has 0 bridgehead atoms. The third kappa shape index (κ3) is 3.50. The van der Waals surface area contributed by atoms with Crippen LogP contribution in [0.25, 0.3) is 0 Å². The van der Waals surface area contributed by atoms with Gasteiger partial charge in [-0.2, -0.15) is 0 Å². The molecule has 0 saturated heterocycles. The molecule has 4 heteroatoms. The van der Waals surface area contributed by atoms with E-state index in [1.165, 1.54) is 11.1 Å². The highest BCUT2D eigenvalue weighted by Crippen LogP contribution is 2.26. The molecule has 0 unspecified atom stereocenters. The second-order valence-electron chi connectivity index (χ2n) is 4.09. The quantitative estimate of drug-likeness (QED) is 0.701. The van der Waals surface area contributed by atoms with Crippen LogP contribution >= 0.6 is 43.5 Å². The molecule has 1 nitrogen and oxygen atoms in total. The summed E-state index contributed by atoms with van der Waals surface area (Å²) in [7, 11) is 0. The number of hydrogen-bond acceptors (Lipinski definition) is 1. The minimum absolute atomic E-state index is 0.732. The van der Waals surface area contributed by atoms with Crippen molar-refractivity contribution in [2.75, 3.05) is 5.32 Å². The fourth-order valence-electron chi connectivity index (χ4n) is 1.62. The van der Waals surface area contributed by atoms with Crippen LogP contribution in [-0.4, -0.2) is 0 Å². The first-order valence-corrected chi connectivity index (χ1v) is 7.46. The average molecular weight is 390 g/mol. The van der Waals surface area contributed by atoms with Crippen molar-refractivity contribution in [1.82, 2.24) is 0 Å². The highest BCUT2D eigenvalue weighted by atomic mass is 79.9. The Morgan fingerprint density at radius 3 is 2.56 bits per heavy atom. The monoisotopic (exact) mass is 387 g/mol. The average Bonchev–Trinajstić information content (AvgIpc) is 2.34. The van der Waals surface area contributed by atoms with Gasteiger partial charge < -0.3 is 5.32 Å². The number of aryl methyl sites for hydroxylation is 1. The molecule has 0 heterocycles. The Bertz CT molecular complexity index is 570. The van der Waals surface area contributed by atoms with Gasteiger partial charge in [0, 0.05) is 21.2 Å². The van der Waals surface area contributed by atoms with E-state index in [1.807, 2.05) is 18.2 Å². The maximum absolute atomic E-state index is 5.97. The van der Waals surface area contributed by atoms with Gasteiger partial charge in [-0.1, -0.05) is 23.7 Å². The van der Waals surface area contributed by atoms with E-state index in [-0.39, 0.29) is 0 Å². The van der Waals surface area contributed by atoms with Crippen molar-refractivity contribution in [1.29, 1.82) is 0 Å². The molecule has 0 aliphatic heterocycles. The lowest BCUT2D eigenvalue weighted by Gasteiger charge is -2.10. The SMILES string of the molecule is Cc1ccc(Br)c(NCc2ccc(Cl)c(Br)c2)c1. The van der Waals surface area contributed by atoms with Crippen LogP contribution in [0.3, 0.4) is 0 Å². The largest absolute Gasteiger partial charge is 0.380 e. The van der Waals surface area contributed by atoms with Gasteiger partial charge in [0.05, 0.1) is 5.02 Å². The summed E-state index contributed by atoms with van der Waals surface area (Å²) in [6, 6.07) is 12.2. The van der Waals surface area contributed by atoms with Gasteiger partial charge in [-0.3, -0.25) is 0 Å². The summed E-state index contributed by atoms with van der Waals surface area (Å²) in [4.78, 5) is 0. The first-order valence-electron chi connectivity index (χ1n) is 5.50. The number of anilines is 1. The maximum Gasteiger partial charge on any atom is 0.0548 e. The molecule has 0 aliphatic carbocycles. The van der Waals surface area contributed by atoms with E-state index in [0.717, 1.165) is 26.2 Å². The zero-order valence-corrected chi connectivity index (χ0v) is 13.7. The first-order chi connectivity index (χ1) is 8.56. The topological polar surface area (TPSA) is 12.0 Å². The molecule has 0 radical (unpaired) electrons. The third-order valence-corrected chi connectivity index (χ3v) is 4.49. The highest BCUT2D eigenvalue weighted by Gasteiger charge is 2.02. The fourth-order valence-corrected chi connectivity index (χ4v) is 2.55. The van der Waals surface area contributed by atoms with E-state index in [4.69, 9.17) is 11.6 Å². The van der Waals surface area contributed by atoms with Gasteiger partial charge in [-0.25, -0.2) is 0 Å². The molecule has 1 N–H and O–H groups in total. The predicted molar refractivity (Wildman–Crippen MR) is 85.4 cm³/mol. The number of nitrogens with one attached hydrogen (secondary N) is 1. The number of benzene rings is 2. The lowest BCUT2D eigenvalue weighted by molar-refractivity contribution is 1.14. The second kappa shape index (κ2) is 6.09. The normalized spacial score (nSPS) is 10.4. The summed E-state index contributed by atoms with van der Waals surface area (Å²) >= 11 is 12.9. The summed E-state index contributed by atoms with van der Waals surface area (Å²) in [6.45, 7) is 2.84. The predicted octanol–water partition coefficient (Wildman–Crippen LogP) is 5.79. The van der Waals surface area contributed by atoms with Crippen molar-refractivity contribution in [2.24, 2.45) is 0 Å². The van der Waals surface area contributed by atoms with Gasteiger partial charge in [0.2, 0.25) is 0 Å². The molecule has 0 aliphatic rings. The van der Waals surface area contributed by atoms with Crippen molar-refractivity contribution in [3.8, 4) is 0 Å². The number of rotatable bonds is 3. The first kappa shape index (κ1) is 13.9. The molecule has 0 fully saturated rings. The van der Waals surface area contributed by atoms with Gasteiger partial charge in [0.25, 0.3) is 0 Å². The van der Waals surface area contributed by atoms with E-state index in [9.17, 15) is 0 Å². The molecule has 0 saturated carbocycles. The van der Waals surface area contributed by atoms with Crippen molar-refractivity contribution in [2.45, 2.75) is 13.5 Å². The number of halogens is 3. The molecule has 0 amide bonds. The standard InChI is InChI=1S/C14H12Br2ClN/c1-9-2-4-11(15)14(6-9)18-8-10-3-5-13(17)12(16)7-10/h2-7,18H,8H2,1H3. The van der Waals surface area contributed by atoms with Gasteiger partial charge in [0.15, 0.2) is 0 Å². The Hall–Kier alpha value is -0.510. The second-order valence-corrected chi connectivity index (χ2v) is 6.20. The molecule has 2 rings (SSSR count). The van der Waals surface area contributed by atoms with Crippen LogP contribution in [0.4, 0.5) is 5.69 Å². The molecular formula is C14H12Br2ClN. The molecule has 0 aromatic heterocycles. The van der Waals surface area contributed by atoms with Gasteiger partial charge in [0.1, 0.15) is 0 Å². The lowest BCUT2D eigenvalue weighted by atomic mass is 10.2. The fraction of sp³-hybridized carbons (Fsp3) is 0.143. The summed E-state index contributed by atoms with van der Waals surface area (Å²) < 4.78 is 1.99. The molecule has 94 valence electrons. The molecule has 2 aromatic rings. The Morgan fingerprint density at radius 2 is 1.83 bits per heavy atom. The zero-order valence-electron chi connectivity index (χ0n) is 9.81. The van der Waals surface area contributed by atoms with Crippen LogP contribution in [0, 0.1) is 6.92 Å². The Balaban J connectivity index is 2.11. The summed E-state index contributed by atoms with van der Waals surface area (Å²) in [6.07, 6.45) is 0. The van der Waals surface area contributed by atoms with Crippen LogP contribution in [0.5, 0.6) is 0 Å². The number of hydrogen-bond donors (Lipinski definition) is 1. The Labute approximate surface area is 129 Å². The zero-order chi connectivity index (χ0) is 13.1. The van der Waals surface area contributed by atoms with Crippen LogP contribution in [0.2, 0.25) is 5.02 Å². The Morgan fingerprint density at radius 1 is 1.06 bits per heavy atom. The van der Waals surface area contributed by atoms with Crippen LogP contribution < -0.4 is 5.32 Å². The van der Waals surface area contributed by atoms with Gasteiger partial charge in [-0.15, -0.1) is 0 Å². The molecule has 18 heavy (non-hydrogen) atoms. The van der Waals surface area contributed by atoms with E-state index >= 15 is 0 Å². The van der Waals surface area contributed by atoms with E-state index < -0.39 is 0 Å². The maximum atomic E-state index is 5.97. The van der Waals surface area contributed by atoms with E-state index in [2.05, 4.69) is 62.3 Å². The van der Waals surface area contributed by atoms with Crippen molar-refractivity contribution >= 4 is 49.1 Å². The summed E-state index contributed by atoms with van der Waals surface area (Å²) in [5.41, 5.74) is 3.51. The van der Waals surface area contributed by atoms with Gasteiger partial charge >= 0.3 is 0 Å². The smallest absolute Gasteiger partial charge is 0.0548 e. The third-order valence-electron chi connectivity index (χ3n) is 2.59.